The first-order valence-corrected chi connectivity index (χ1v) is 13.1. The highest BCUT2D eigenvalue weighted by atomic mass is 16.7. The molecule has 0 spiro atoms. The summed E-state index contributed by atoms with van der Waals surface area (Å²) in [6.07, 6.45) is 4.70. The molecule has 0 radical (unpaired) electrons. The van der Waals surface area contributed by atoms with E-state index < -0.39 is 5.97 Å². The number of likely N-dealkylation sites (N-methyl/N-ethyl adjacent to an activating group) is 1. The Morgan fingerprint density at radius 2 is 1.64 bits per heavy atom. The summed E-state index contributed by atoms with van der Waals surface area (Å²) in [5, 5.41) is 6.90. The smallest absolute Gasteiger partial charge is 0.331 e. The standard InChI is InChI=1S/C33H35N3O3/c1-7-36-22(2)15-16-25(17-18-27-21-26(19-20-31(27)36)23(3)34-39-24(4)37)33(38)30-13-10-14-32(35(5)6)29-12-9-8-11-28(29)30/h8-12,14-21H,7,13H2,1-6H3/b18-17?,22-15?,25-16?,34-23+. The average molecular weight is 522 g/mol. The summed E-state index contributed by atoms with van der Waals surface area (Å²) in [6, 6.07) is 21.9. The van der Waals surface area contributed by atoms with Crippen molar-refractivity contribution < 1.29 is 14.4 Å². The molecule has 0 saturated carbocycles. The molecule has 0 amide bonds. The summed E-state index contributed by atoms with van der Waals surface area (Å²) in [5.41, 5.74) is 5.93. The normalized spacial score (nSPS) is 13.0. The van der Waals surface area contributed by atoms with Gasteiger partial charge in [0.05, 0.1) is 5.71 Å². The molecule has 200 valence electrons. The number of hydrogen-bond acceptors (Lipinski definition) is 5. The first kappa shape index (κ1) is 27.6. The van der Waals surface area contributed by atoms with E-state index in [1.165, 1.54) is 6.92 Å². The van der Waals surface area contributed by atoms with Crippen molar-refractivity contribution in [2.24, 2.45) is 5.16 Å². The SMILES string of the molecule is CCn1c(C)ccc(C(=O)C2=c3ccccc3=C(N(C)C)C=CC2)ccc2cc(/C(C)=N/OC(C)=O)ccc21. The van der Waals surface area contributed by atoms with Gasteiger partial charge in [-0.3, -0.25) is 4.79 Å². The lowest BCUT2D eigenvalue weighted by molar-refractivity contribution is -0.140. The number of carbonyl (C=O) groups excluding carboxylic acids is 2. The Balaban J connectivity index is 1.96. The molecule has 0 fully saturated rings. The molecule has 1 heterocycles. The van der Waals surface area contributed by atoms with Crippen LogP contribution in [0.3, 0.4) is 0 Å². The Morgan fingerprint density at radius 1 is 0.949 bits per heavy atom. The summed E-state index contributed by atoms with van der Waals surface area (Å²) in [6.45, 7) is 8.03. The zero-order valence-corrected chi connectivity index (χ0v) is 23.5. The molecule has 3 aromatic rings. The molecule has 1 aliphatic carbocycles. The molecule has 0 unspecified atom stereocenters. The average Bonchev–Trinajstić information content (AvgIpc) is 3.08. The number of aryl methyl sites for hydroxylation is 2. The van der Waals surface area contributed by atoms with Crippen LogP contribution in [-0.4, -0.2) is 41.0 Å². The first-order chi connectivity index (χ1) is 18.7. The third-order valence-corrected chi connectivity index (χ3v) is 6.88. The van der Waals surface area contributed by atoms with Crippen LogP contribution < -0.4 is 10.4 Å². The second kappa shape index (κ2) is 11.9. The Morgan fingerprint density at radius 3 is 2.33 bits per heavy atom. The zero-order valence-electron chi connectivity index (χ0n) is 23.5. The number of carbonyl (C=O) groups is 2. The van der Waals surface area contributed by atoms with Gasteiger partial charge in [-0.2, -0.15) is 0 Å². The minimum atomic E-state index is -0.467. The largest absolute Gasteiger partial charge is 0.377 e. The molecular formula is C33H35N3O3. The number of oxime groups is 1. The second-order valence-electron chi connectivity index (χ2n) is 9.78. The molecule has 6 heteroatoms. The molecule has 6 nitrogen and oxygen atoms in total. The predicted molar refractivity (Wildman–Crippen MR) is 158 cm³/mol. The van der Waals surface area contributed by atoms with Gasteiger partial charge in [0.2, 0.25) is 0 Å². The van der Waals surface area contributed by atoms with Crippen molar-refractivity contribution in [3.63, 3.8) is 0 Å². The van der Waals surface area contributed by atoms with Gasteiger partial charge in [-0.15, -0.1) is 0 Å². The summed E-state index contributed by atoms with van der Waals surface area (Å²) in [4.78, 5) is 32.2. The number of rotatable bonds is 6. The van der Waals surface area contributed by atoms with Crippen LogP contribution in [0.5, 0.6) is 0 Å². The maximum Gasteiger partial charge on any atom is 0.331 e. The fourth-order valence-electron chi connectivity index (χ4n) is 4.88. The highest BCUT2D eigenvalue weighted by molar-refractivity contribution is 6.24. The quantitative estimate of drug-likeness (QED) is 0.197. The summed E-state index contributed by atoms with van der Waals surface area (Å²) >= 11 is 0. The van der Waals surface area contributed by atoms with E-state index >= 15 is 0 Å². The van der Waals surface area contributed by atoms with Crippen LogP contribution in [0.25, 0.3) is 22.2 Å². The Kier molecular flexibility index (Phi) is 8.45. The van der Waals surface area contributed by atoms with E-state index in [0.29, 0.717) is 17.7 Å². The van der Waals surface area contributed by atoms with Crippen molar-refractivity contribution in [1.82, 2.24) is 9.47 Å². The third kappa shape index (κ3) is 6.01. The van der Waals surface area contributed by atoms with E-state index in [-0.39, 0.29) is 5.78 Å². The molecule has 39 heavy (non-hydrogen) atoms. The van der Waals surface area contributed by atoms with Gasteiger partial charge in [-0.05, 0) is 73.7 Å². The lowest BCUT2D eigenvalue weighted by Gasteiger charge is -2.13. The van der Waals surface area contributed by atoms with Gasteiger partial charge in [-0.1, -0.05) is 53.7 Å². The number of Topliss-reactive ketones (excluding diaryl/α,β-unsaturated/α-hetero) is 1. The minimum absolute atomic E-state index is 0.00246. The van der Waals surface area contributed by atoms with Crippen LogP contribution in [-0.2, 0) is 16.2 Å². The van der Waals surface area contributed by atoms with E-state index in [2.05, 4.69) is 39.8 Å². The van der Waals surface area contributed by atoms with E-state index in [1.807, 2.05) is 81.7 Å². The number of allylic oxidation sites excluding steroid dienone is 1. The molecule has 4 rings (SSSR count). The van der Waals surface area contributed by atoms with Gasteiger partial charge < -0.3 is 14.3 Å². The van der Waals surface area contributed by atoms with E-state index in [4.69, 9.17) is 4.84 Å². The van der Waals surface area contributed by atoms with Gasteiger partial charge in [0.15, 0.2) is 5.78 Å². The van der Waals surface area contributed by atoms with Crippen LogP contribution in [0.4, 0.5) is 0 Å². The van der Waals surface area contributed by atoms with Crippen LogP contribution in [0.2, 0.25) is 0 Å². The number of fused-ring (bicyclic) bond motifs is 2. The summed E-state index contributed by atoms with van der Waals surface area (Å²) < 4.78 is 2.21. The molecule has 0 atom stereocenters. The fourth-order valence-corrected chi connectivity index (χ4v) is 4.88. The monoisotopic (exact) mass is 521 g/mol. The number of aromatic nitrogens is 1. The van der Waals surface area contributed by atoms with Crippen molar-refractivity contribution >= 4 is 39.6 Å². The highest BCUT2D eigenvalue weighted by Crippen LogP contribution is 2.20. The minimum Gasteiger partial charge on any atom is -0.377 e. The van der Waals surface area contributed by atoms with Crippen molar-refractivity contribution in [3.8, 4) is 0 Å². The highest BCUT2D eigenvalue weighted by Gasteiger charge is 2.15. The van der Waals surface area contributed by atoms with Crippen LogP contribution >= 0.6 is 0 Å². The lowest BCUT2D eigenvalue weighted by Crippen LogP contribution is -2.33. The maximum absolute atomic E-state index is 14.1. The summed E-state index contributed by atoms with van der Waals surface area (Å²) in [5.74, 6) is -0.464. The van der Waals surface area contributed by atoms with E-state index in [9.17, 15) is 9.59 Å². The Hall–Kier alpha value is -4.45. The second-order valence-corrected chi connectivity index (χ2v) is 9.78. The number of nitrogens with zero attached hydrogens (tertiary/aromatic N) is 3. The van der Waals surface area contributed by atoms with Crippen molar-refractivity contribution in [2.45, 2.75) is 40.7 Å². The molecule has 0 saturated heterocycles. The fraction of sp³-hybridized carbons (Fsp3) is 0.242. The molecule has 1 aromatic heterocycles. The number of benzene rings is 2. The van der Waals surface area contributed by atoms with Crippen molar-refractivity contribution in [2.75, 3.05) is 14.1 Å². The molecule has 0 N–H and O–H groups in total. The molecular weight excluding hydrogens is 486 g/mol. The molecule has 0 bridgehead atoms. The van der Waals surface area contributed by atoms with Crippen LogP contribution in [0.15, 0.2) is 84.0 Å². The predicted octanol–water partition coefficient (Wildman–Crippen LogP) is 5.04. The van der Waals surface area contributed by atoms with Crippen LogP contribution in [0, 0.1) is 6.92 Å². The first-order valence-electron chi connectivity index (χ1n) is 13.1. The topological polar surface area (TPSA) is 63.9 Å². The molecule has 1 aliphatic rings. The van der Waals surface area contributed by atoms with Crippen molar-refractivity contribution in [3.05, 3.63) is 106 Å². The Bertz CT molecular complexity index is 1690. The third-order valence-electron chi connectivity index (χ3n) is 6.88. The van der Waals surface area contributed by atoms with Gasteiger partial charge >= 0.3 is 5.97 Å². The number of hydrogen-bond donors (Lipinski definition) is 0. The molecule has 0 aliphatic heterocycles. The van der Waals surface area contributed by atoms with Gasteiger partial charge in [0.25, 0.3) is 0 Å². The Labute approximate surface area is 229 Å². The maximum atomic E-state index is 14.1. The van der Waals surface area contributed by atoms with Crippen molar-refractivity contribution in [1.29, 1.82) is 0 Å². The van der Waals surface area contributed by atoms with Gasteiger partial charge in [-0.25, -0.2) is 4.79 Å². The lowest BCUT2D eigenvalue weighted by atomic mass is 9.98. The van der Waals surface area contributed by atoms with E-state index in [1.54, 1.807) is 6.92 Å². The summed E-state index contributed by atoms with van der Waals surface area (Å²) in [7, 11) is 4.04. The molecule has 2 aromatic carbocycles. The zero-order chi connectivity index (χ0) is 28.1. The van der Waals surface area contributed by atoms with E-state index in [0.717, 1.165) is 50.4 Å². The van der Waals surface area contributed by atoms with Gasteiger partial charge in [0.1, 0.15) is 0 Å². The van der Waals surface area contributed by atoms with Crippen LogP contribution in [0.1, 0.15) is 48.8 Å². The van der Waals surface area contributed by atoms with Gasteiger partial charge in [0, 0.05) is 60.8 Å². The number of ketones is 1.